The number of likely N-dealkylation sites (N-methyl/N-ethyl adjacent to an activating group) is 1. The summed E-state index contributed by atoms with van der Waals surface area (Å²) in [7, 11) is 5.41. The lowest BCUT2D eigenvalue weighted by atomic mass is 10.0. The van der Waals surface area contributed by atoms with E-state index in [1.54, 1.807) is 21.1 Å². The third kappa shape index (κ3) is 35.8. The highest BCUT2D eigenvalue weighted by molar-refractivity contribution is 5.70. The summed E-state index contributed by atoms with van der Waals surface area (Å²) in [5, 5.41) is 11.6. The molecule has 2 atom stereocenters. The molecule has 0 amide bonds. The van der Waals surface area contributed by atoms with E-state index in [1.165, 1.54) is 141 Å². The fourth-order valence-electron chi connectivity index (χ4n) is 6.83. The van der Waals surface area contributed by atoms with Crippen LogP contribution < -0.4 is 5.11 Å². The van der Waals surface area contributed by atoms with Crippen molar-refractivity contribution in [1.82, 2.24) is 0 Å². The van der Waals surface area contributed by atoms with Gasteiger partial charge in [-0.3, -0.25) is 9.59 Å². The second-order valence-corrected chi connectivity index (χ2v) is 16.6. The minimum Gasteiger partial charge on any atom is -0.544 e. The Morgan fingerprint density at radius 3 is 1.33 bits per heavy atom. The van der Waals surface area contributed by atoms with Gasteiger partial charge < -0.3 is 28.6 Å². The summed E-state index contributed by atoms with van der Waals surface area (Å²) in [4.78, 5) is 36.8. The Morgan fingerprint density at radius 1 is 0.537 bits per heavy atom. The molecule has 0 aliphatic heterocycles. The van der Waals surface area contributed by atoms with Crippen molar-refractivity contribution in [2.75, 3.05) is 41.0 Å². The number of unbranched alkanes of at least 4 members (excludes halogenated alkanes) is 25. The molecule has 8 heteroatoms. The van der Waals surface area contributed by atoms with Crippen LogP contribution in [-0.4, -0.2) is 75.5 Å². The van der Waals surface area contributed by atoms with Crippen LogP contribution in [0.2, 0.25) is 0 Å². The maximum absolute atomic E-state index is 12.7. The average molecular weight is 766 g/mol. The van der Waals surface area contributed by atoms with Crippen LogP contribution in [0.15, 0.2) is 12.2 Å². The lowest BCUT2D eigenvalue weighted by molar-refractivity contribution is -0.889. The van der Waals surface area contributed by atoms with Crippen molar-refractivity contribution >= 4 is 17.9 Å². The van der Waals surface area contributed by atoms with Crippen molar-refractivity contribution in [2.24, 2.45) is 0 Å². The van der Waals surface area contributed by atoms with E-state index in [4.69, 9.17) is 14.2 Å². The number of quaternary nitrogens is 1. The van der Waals surface area contributed by atoms with Gasteiger partial charge in [-0.05, 0) is 38.5 Å². The van der Waals surface area contributed by atoms with E-state index >= 15 is 0 Å². The van der Waals surface area contributed by atoms with E-state index in [9.17, 15) is 19.5 Å². The highest BCUT2D eigenvalue weighted by Gasteiger charge is 2.25. The molecule has 0 rings (SSSR count). The second kappa shape index (κ2) is 38.0. The van der Waals surface area contributed by atoms with Crippen LogP contribution in [0, 0.1) is 0 Å². The Balaban J connectivity index is 4.29. The summed E-state index contributed by atoms with van der Waals surface area (Å²) < 4.78 is 17.2. The Labute approximate surface area is 333 Å². The van der Waals surface area contributed by atoms with Crippen molar-refractivity contribution < 1.29 is 38.2 Å². The third-order valence-corrected chi connectivity index (χ3v) is 10.4. The normalized spacial score (nSPS) is 13.0. The summed E-state index contributed by atoms with van der Waals surface area (Å²) in [6.45, 7) is 4.67. The van der Waals surface area contributed by atoms with Crippen LogP contribution in [0.5, 0.6) is 0 Å². The number of rotatable bonds is 41. The SMILES string of the molecule is CCCCCCCCC/C=C\CCCCCCCCCC(=O)OC(COCCC(C(=O)[O-])[N+](C)(C)C)COC(=O)CCCCCCCCCCCCCC. The molecule has 0 radical (unpaired) electrons. The van der Waals surface area contributed by atoms with E-state index in [0.29, 0.717) is 12.8 Å². The van der Waals surface area contributed by atoms with Crippen LogP contribution in [0.25, 0.3) is 0 Å². The number of carbonyl (C=O) groups excluding carboxylic acids is 3. The number of aliphatic carboxylic acids is 1. The number of esters is 2. The molecule has 8 nitrogen and oxygen atoms in total. The number of carboxylic acids is 1. The van der Waals surface area contributed by atoms with Crippen LogP contribution in [0.3, 0.4) is 0 Å². The van der Waals surface area contributed by atoms with Crippen LogP contribution >= 0.6 is 0 Å². The Morgan fingerprint density at radius 2 is 0.926 bits per heavy atom. The molecule has 0 aromatic carbocycles. The first kappa shape index (κ1) is 52.1. The largest absolute Gasteiger partial charge is 0.544 e. The molecular weight excluding hydrogens is 679 g/mol. The number of hydrogen-bond donors (Lipinski definition) is 0. The first-order valence-electron chi connectivity index (χ1n) is 22.7. The zero-order chi connectivity index (χ0) is 40.0. The Hall–Kier alpha value is -1.93. The lowest BCUT2D eigenvalue weighted by Crippen LogP contribution is -2.55. The fourth-order valence-corrected chi connectivity index (χ4v) is 6.83. The molecule has 54 heavy (non-hydrogen) atoms. The first-order chi connectivity index (χ1) is 26.1. The van der Waals surface area contributed by atoms with Gasteiger partial charge in [-0.25, -0.2) is 0 Å². The summed E-state index contributed by atoms with van der Waals surface area (Å²) >= 11 is 0. The molecule has 0 saturated carbocycles. The van der Waals surface area contributed by atoms with Gasteiger partial charge in [0.1, 0.15) is 12.6 Å². The zero-order valence-electron chi connectivity index (χ0n) is 36.2. The quantitative estimate of drug-likeness (QED) is 0.0264. The van der Waals surface area contributed by atoms with E-state index < -0.39 is 18.1 Å². The monoisotopic (exact) mass is 766 g/mol. The minimum atomic E-state index is -1.12. The van der Waals surface area contributed by atoms with Crippen molar-refractivity contribution in [3.63, 3.8) is 0 Å². The summed E-state index contributed by atoms with van der Waals surface area (Å²) in [5.41, 5.74) is 0. The fraction of sp³-hybridized carbons (Fsp3) is 0.891. The van der Waals surface area contributed by atoms with E-state index in [1.807, 2.05) is 0 Å². The molecule has 0 bridgehead atoms. The maximum atomic E-state index is 12.7. The van der Waals surface area contributed by atoms with Gasteiger partial charge in [0, 0.05) is 19.3 Å². The zero-order valence-corrected chi connectivity index (χ0v) is 36.2. The Kier molecular flexibility index (Phi) is 36.6. The molecule has 2 unspecified atom stereocenters. The second-order valence-electron chi connectivity index (χ2n) is 16.6. The molecule has 0 saturated heterocycles. The van der Waals surface area contributed by atoms with Crippen molar-refractivity contribution in [2.45, 2.75) is 225 Å². The van der Waals surface area contributed by atoms with Crippen molar-refractivity contribution in [3.8, 4) is 0 Å². The van der Waals surface area contributed by atoms with Crippen molar-refractivity contribution in [3.05, 3.63) is 12.2 Å². The number of carboxylic acid groups (broad SMARTS) is 1. The smallest absolute Gasteiger partial charge is 0.306 e. The standard InChI is InChI=1S/C46H87NO7/c1-6-8-10-12-14-16-18-20-21-22-23-24-25-27-29-31-33-35-37-45(49)54-42(40-52-39-38-43(46(50)51)47(3,4)5)41-53-44(48)36-34-32-30-28-26-19-17-15-13-11-9-7-2/h21-22,42-43H,6-20,23-41H2,1-5H3/b22-21-. The molecule has 0 heterocycles. The summed E-state index contributed by atoms with van der Waals surface area (Å²) in [5.74, 6) is -1.73. The van der Waals surface area contributed by atoms with Crippen molar-refractivity contribution in [1.29, 1.82) is 0 Å². The lowest BCUT2D eigenvalue weighted by Gasteiger charge is -2.34. The summed E-state index contributed by atoms with van der Waals surface area (Å²) in [6.07, 6.45) is 39.4. The molecule has 0 aromatic heterocycles. The minimum absolute atomic E-state index is 0.0445. The third-order valence-electron chi connectivity index (χ3n) is 10.4. The molecule has 318 valence electrons. The number of nitrogens with zero attached hydrogens (tertiary/aromatic N) is 1. The number of hydrogen-bond acceptors (Lipinski definition) is 7. The molecular formula is C46H87NO7. The van der Waals surface area contributed by atoms with Gasteiger partial charge in [0.15, 0.2) is 6.10 Å². The topological polar surface area (TPSA) is 102 Å². The van der Waals surface area contributed by atoms with E-state index in [0.717, 1.165) is 38.5 Å². The van der Waals surface area contributed by atoms with Gasteiger partial charge in [-0.2, -0.15) is 0 Å². The Bertz CT molecular complexity index is 900. The molecule has 0 aromatic rings. The van der Waals surface area contributed by atoms with Gasteiger partial charge in [-0.1, -0.05) is 167 Å². The average Bonchev–Trinajstić information content (AvgIpc) is 3.12. The van der Waals surface area contributed by atoms with Crippen LogP contribution in [-0.2, 0) is 28.6 Å². The predicted octanol–water partition coefficient (Wildman–Crippen LogP) is 11.0. The van der Waals surface area contributed by atoms with Gasteiger partial charge in [-0.15, -0.1) is 0 Å². The van der Waals surface area contributed by atoms with Gasteiger partial charge >= 0.3 is 11.9 Å². The maximum Gasteiger partial charge on any atom is 0.306 e. The summed E-state index contributed by atoms with van der Waals surface area (Å²) in [6, 6.07) is -0.722. The van der Waals surface area contributed by atoms with Gasteiger partial charge in [0.05, 0.1) is 40.3 Å². The van der Waals surface area contributed by atoms with Crippen LogP contribution in [0.1, 0.15) is 213 Å². The molecule has 0 N–H and O–H groups in total. The first-order valence-corrected chi connectivity index (χ1v) is 22.7. The molecule has 0 aliphatic carbocycles. The van der Waals surface area contributed by atoms with Crippen LogP contribution in [0.4, 0.5) is 0 Å². The number of allylic oxidation sites excluding steroid dienone is 2. The number of ether oxygens (including phenoxy) is 3. The molecule has 0 spiro atoms. The highest BCUT2D eigenvalue weighted by atomic mass is 16.6. The van der Waals surface area contributed by atoms with E-state index in [-0.39, 0.29) is 42.7 Å². The molecule has 0 fully saturated rings. The highest BCUT2D eigenvalue weighted by Crippen LogP contribution is 2.15. The molecule has 0 aliphatic rings. The van der Waals surface area contributed by atoms with Gasteiger partial charge in [0.25, 0.3) is 0 Å². The van der Waals surface area contributed by atoms with Gasteiger partial charge in [0.2, 0.25) is 0 Å². The predicted molar refractivity (Wildman–Crippen MR) is 222 cm³/mol. The van der Waals surface area contributed by atoms with E-state index in [2.05, 4.69) is 26.0 Å². The number of carbonyl (C=O) groups is 3.